The summed E-state index contributed by atoms with van der Waals surface area (Å²) >= 11 is 0. The van der Waals surface area contributed by atoms with Gasteiger partial charge in [0.25, 0.3) is 0 Å². The Morgan fingerprint density at radius 2 is 1.57 bits per heavy atom. The molecule has 0 N–H and O–H groups in total. The van der Waals surface area contributed by atoms with E-state index in [1.165, 1.54) is 66.3 Å². The minimum atomic E-state index is -0.0392. The van der Waals surface area contributed by atoms with E-state index < -0.39 is 0 Å². The molecule has 0 bridgehead atoms. The normalized spacial score (nSPS) is 14.5. The summed E-state index contributed by atoms with van der Waals surface area (Å²) in [6, 6.07) is 16.2. The molecule has 0 atom stereocenters. The molecule has 3 aromatic carbocycles. The van der Waals surface area contributed by atoms with Gasteiger partial charge in [-0.15, -0.1) is 0 Å². The fourth-order valence-electron chi connectivity index (χ4n) is 5.31. The smallest absolute Gasteiger partial charge is 0.194 e. The minimum absolute atomic E-state index is 0.0392. The highest BCUT2D eigenvalue weighted by Gasteiger charge is 2.40. The van der Waals surface area contributed by atoms with Gasteiger partial charge < -0.3 is 0 Å². The summed E-state index contributed by atoms with van der Waals surface area (Å²) in [6.45, 7) is 13.8. The molecular weight excluding hydrogens is 338 g/mol. The molecule has 1 heteroatoms. The first kappa shape index (κ1) is 17.4. The number of aromatic nitrogens is 1. The van der Waals surface area contributed by atoms with Crippen LogP contribution in [0, 0.1) is 27.7 Å². The highest BCUT2D eigenvalue weighted by molar-refractivity contribution is 6.04. The number of fused-ring (bicyclic) bond motifs is 3. The molecule has 0 radical (unpaired) electrons. The first-order chi connectivity index (χ1) is 13.2. The molecule has 0 amide bonds. The average molecular weight is 367 g/mol. The van der Waals surface area contributed by atoms with Crippen molar-refractivity contribution in [1.82, 2.24) is 0 Å². The van der Waals surface area contributed by atoms with Gasteiger partial charge in [-0.05, 0) is 66.8 Å². The molecule has 5 rings (SSSR count). The summed E-state index contributed by atoms with van der Waals surface area (Å²) in [5.41, 5.74) is 12.4. The van der Waals surface area contributed by atoms with Gasteiger partial charge >= 0.3 is 0 Å². The summed E-state index contributed by atoms with van der Waals surface area (Å²) in [6.07, 6.45) is 0. The monoisotopic (exact) mass is 366 g/mol. The number of aryl methyl sites for hydroxylation is 4. The maximum atomic E-state index is 2.46. The van der Waals surface area contributed by atoms with Gasteiger partial charge in [0.15, 0.2) is 0 Å². The van der Waals surface area contributed by atoms with Crippen LogP contribution < -0.4 is 4.57 Å². The lowest BCUT2D eigenvalue weighted by molar-refractivity contribution is -0.634. The standard InChI is InChI=1S/C27H28N/c1-15-11-19-13-17(3)18(4)24-25(19)21(12-15)27(5,6)22-14-20-16(2)9-8-10-23(20)28(7)26(22)24/h8-14H,1-7H3/q+1. The second-order valence-electron chi connectivity index (χ2n) is 9.20. The van der Waals surface area contributed by atoms with Gasteiger partial charge in [0.2, 0.25) is 11.2 Å². The number of nitrogens with zero attached hydrogens (tertiary/aromatic N) is 1. The van der Waals surface area contributed by atoms with Crippen LogP contribution in [0.25, 0.3) is 32.9 Å². The number of hydrogen-bond acceptors (Lipinski definition) is 0. The summed E-state index contributed by atoms with van der Waals surface area (Å²) in [5.74, 6) is 0. The molecule has 1 aliphatic rings. The van der Waals surface area contributed by atoms with Crippen molar-refractivity contribution in [3.63, 3.8) is 0 Å². The van der Waals surface area contributed by atoms with E-state index in [1.807, 2.05) is 0 Å². The Labute approximate surface area is 167 Å². The fourth-order valence-corrected chi connectivity index (χ4v) is 5.31. The van der Waals surface area contributed by atoms with Crippen molar-refractivity contribution in [3.8, 4) is 11.3 Å². The zero-order chi connectivity index (χ0) is 20.0. The molecule has 0 saturated heterocycles. The molecule has 0 unspecified atom stereocenters. The lowest BCUT2D eigenvalue weighted by Crippen LogP contribution is -2.39. The van der Waals surface area contributed by atoms with Crippen molar-refractivity contribution >= 4 is 21.7 Å². The summed E-state index contributed by atoms with van der Waals surface area (Å²) in [7, 11) is 2.24. The third-order valence-electron chi connectivity index (χ3n) is 7.03. The third-order valence-corrected chi connectivity index (χ3v) is 7.03. The molecule has 1 aliphatic carbocycles. The Hall–Kier alpha value is -2.67. The van der Waals surface area contributed by atoms with Crippen LogP contribution >= 0.6 is 0 Å². The van der Waals surface area contributed by atoms with Gasteiger partial charge in [0.05, 0.1) is 5.56 Å². The number of hydrogen-bond donors (Lipinski definition) is 0. The predicted molar refractivity (Wildman–Crippen MR) is 119 cm³/mol. The molecule has 1 aromatic heterocycles. The Morgan fingerprint density at radius 1 is 0.821 bits per heavy atom. The number of benzene rings is 3. The Bertz CT molecular complexity index is 1320. The van der Waals surface area contributed by atoms with E-state index in [1.54, 1.807) is 0 Å². The highest BCUT2D eigenvalue weighted by atomic mass is 14.9. The van der Waals surface area contributed by atoms with Crippen molar-refractivity contribution in [3.05, 3.63) is 75.8 Å². The maximum Gasteiger partial charge on any atom is 0.217 e. The van der Waals surface area contributed by atoms with Crippen molar-refractivity contribution in [2.24, 2.45) is 7.05 Å². The van der Waals surface area contributed by atoms with Crippen LogP contribution in [0.4, 0.5) is 0 Å². The molecule has 0 fully saturated rings. The van der Waals surface area contributed by atoms with Gasteiger partial charge in [-0.1, -0.05) is 49.7 Å². The summed E-state index contributed by atoms with van der Waals surface area (Å²) in [4.78, 5) is 0. The van der Waals surface area contributed by atoms with E-state index >= 15 is 0 Å². The fraction of sp³-hybridized carbons (Fsp3) is 0.296. The molecule has 1 nitrogen and oxygen atoms in total. The largest absolute Gasteiger partial charge is 0.217 e. The van der Waals surface area contributed by atoms with Gasteiger partial charge in [0, 0.05) is 22.4 Å². The molecule has 0 saturated carbocycles. The van der Waals surface area contributed by atoms with E-state index in [9.17, 15) is 0 Å². The Balaban J connectivity index is 2.11. The quantitative estimate of drug-likeness (QED) is 0.319. The van der Waals surface area contributed by atoms with Gasteiger partial charge in [-0.25, -0.2) is 0 Å². The van der Waals surface area contributed by atoms with Crippen molar-refractivity contribution in [2.45, 2.75) is 47.0 Å². The second-order valence-corrected chi connectivity index (χ2v) is 9.20. The first-order valence-corrected chi connectivity index (χ1v) is 10.2. The van der Waals surface area contributed by atoms with Crippen molar-refractivity contribution in [2.75, 3.05) is 0 Å². The van der Waals surface area contributed by atoms with Crippen LogP contribution in [-0.4, -0.2) is 0 Å². The minimum Gasteiger partial charge on any atom is -0.194 e. The highest BCUT2D eigenvalue weighted by Crippen LogP contribution is 2.50. The van der Waals surface area contributed by atoms with E-state index in [-0.39, 0.29) is 5.41 Å². The summed E-state index contributed by atoms with van der Waals surface area (Å²) in [5, 5.41) is 4.17. The predicted octanol–water partition coefficient (Wildman–Crippen LogP) is 6.36. The van der Waals surface area contributed by atoms with Crippen molar-refractivity contribution in [1.29, 1.82) is 0 Å². The number of pyridine rings is 1. The molecule has 1 heterocycles. The topological polar surface area (TPSA) is 3.88 Å². The van der Waals surface area contributed by atoms with Crippen LogP contribution in [0.3, 0.4) is 0 Å². The lowest BCUT2D eigenvalue weighted by atomic mass is 9.68. The van der Waals surface area contributed by atoms with Crippen LogP contribution in [-0.2, 0) is 12.5 Å². The zero-order valence-corrected chi connectivity index (χ0v) is 18.0. The SMILES string of the molecule is Cc1cc2c3c(c(C)c(C)cc3c1)-c1c(cc3c(C)cccc3[n+]1C)C2(C)C. The zero-order valence-electron chi connectivity index (χ0n) is 18.0. The average Bonchev–Trinajstić information content (AvgIpc) is 2.63. The second kappa shape index (κ2) is 5.44. The van der Waals surface area contributed by atoms with Gasteiger partial charge in [-0.3, -0.25) is 0 Å². The van der Waals surface area contributed by atoms with Crippen LogP contribution in [0.15, 0.2) is 42.5 Å². The van der Waals surface area contributed by atoms with E-state index in [2.05, 4.69) is 95.6 Å². The first-order valence-electron chi connectivity index (χ1n) is 10.2. The van der Waals surface area contributed by atoms with E-state index in [0.717, 1.165) is 0 Å². The molecule has 0 aliphatic heterocycles. The lowest BCUT2D eigenvalue weighted by Gasteiger charge is -2.34. The molecule has 0 spiro atoms. The summed E-state index contributed by atoms with van der Waals surface area (Å²) < 4.78 is 2.43. The Morgan fingerprint density at radius 3 is 2.32 bits per heavy atom. The van der Waals surface area contributed by atoms with Crippen molar-refractivity contribution < 1.29 is 4.57 Å². The molecule has 28 heavy (non-hydrogen) atoms. The van der Waals surface area contributed by atoms with Gasteiger partial charge in [-0.2, -0.15) is 4.57 Å². The number of rotatable bonds is 0. The Kier molecular flexibility index (Phi) is 3.39. The van der Waals surface area contributed by atoms with E-state index in [0.29, 0.717) is 0 Å². The van der Waals surface area contributed by atoms with Gasteiger partial charge in [0.1, 0.15) is 7.05 Å². The maximum absolute atomic E-state index is 2.46. The molecule has 4 aromatic rings. The van der Waals surface area contributed by atoms with Crippen LogP contribution in [0.5, 0.6) is 0 Å². The molecule has 140 valence electrons. The van der Waals surface area contributed by atoms with Crippen LogP contribution in [0.1, 0.15) is 47.2 Å². The van der Waals surface area contributed by atoms with Crippen LogP contribution in [0.2, 0.25) is 0 Å². The third kappa shape index (κ3) is 2.05. The molecular formula is C27H28N+. The van der Waals surface area contributed by atoms with E-state index in [4.69, 9.17) is 0 Å².